The molecule has 0 aromatic heterocycles. The second kappa shape index (κ2) is 5.28. The largest absolute Gasteiger partial charge is 0.390 e. The summed E-state index contributed by atoms with van der Waals surface area (Å²) in [5.74, 6) is -0.578. The number of nitrogens with one attached hydrogen (secondary N) is 1. The molecule has 1 heterocycles. The van der Waals surface area contributed by atoms with Gasteiger partial charge in [0.2, 0.25) is 0 Å². The van der Waals surface area contributed by atoms with Gasteiger partial charge in [-0.25, -0.2) is 12.7 Å². The SMILES string of the molecule is CCNCC(O)CN1C(=O)c2ccccc2S1(=O)=O. The van der Waals surface area contributed by atoms with Gasteiger partial charge in [-0.15, -0.1) is 0 Å². The first-order valence-corrected chi connectivity index (χ1v) is 7.47. The Bertz CT molecular complexity index is 585. The van der Waals surface area contributed by atoms with Crippen molar-refractivity contribution in [3.8, 4) is 0 Å². The fourth-order valence-electron chi connectivity index (χ4n) is 1.98. The molecule has 0 saturated carbocycles. The van der Waals surface area contributed by atoms with E-state index in [1.165, 1.54) is 12.1 Å². The highest BCUT2D eigenvalue weighted by Gasteiger charge is 2.41. The molecule has 0 aliphatic carbocycles. The first-order chi connectivity index (χ1) is 8.98. The molecule has 1 amide bonds. The van der Waals surface area contributed by atoms with Gasteiger partial charge in [-0.2, -0.15) is 0 Å². The maximum absolute atomic E-state index is 12.2. The monoisotopic (exact) mass is 284 g/mol. The fraction of sp³-hybridized carbons (Fsp3) is 0.417. The number of β-amino-alcohol motifs (C(OH)–C–C–N with tert-alkyl or cyclic N) is 1. The first-order valence-electron chi connectivity index (χ1n) is 6.03. The molecule has 104 valence electrons. The van der Waals surface area contributed by atoms with E-state index < -0.39 is 22.0 Å². The summed E-state index contributed by atoms with van der Waals surface area (Å²) in [6.07, 6.45) is -0.923. The van der Waals surface area contributed by atoms with Gasteiger partial charge in [0.15, 0.2) is 0 Å². The van der Waals surface area contributed by atoms with Crippen molar-refractivity contribution >= 4 is 15.9 Å². The Hall–Kier alpha value is -1.44. The summed E-state index contributed by atoms with van der Waals surface area (Å²) in [5.41, 5.74) is 0.165. The molecule has 6 nitrogen and oxygen atoms in total. The highest BCUT2D eigenvalue weighted by Crippen LogP contribution is 2.29. The molecule has 1 aromatic carbocycles. The first kappa shape index (κ1) is 14.0. The number of aliphatic hydroxyl groups excluding tert-OH is 1. The molecule has 0 spiro atoms. The van der Waals surface area contributed by atoms with Crippen molar-refractivity contribution in [1.82, 2.24) is 9.62 Å². The van der Waals surface area contributed by atoms with E-state index in [4.69, 9.17) is 0 Å². The summed E-state index contributed by atoms with van der Waals surface area (Å²) in [7, 11) is -3.82. The van der Waals surface area contributed by atoms with Crippen LogP contribution in [0, 0.1) is 0 Å². The van der Waals surface area contributed by atoms with Crippen molar-refractivity contribution in [2.24, 2.45) is 0 Å². The highest BCUT2D eigenvalue weighted by atomic mass is 32.2. The lowest BCUT2D eigenvalue weighted by molar-refractivity contribution is 0.0793. The molecule has 1 aliphatic rings. The third kappa shape index (κ3) is 2.49. The summed E-state index contributed by atoms with van der Waals surface area (Å²) in [4.78, 5) is 12.0. The van der Waals surface area contributed by atoms with Crippen molar-refractivity contribution in [2.45, 2.75) is 17.9 Å². The maximum atomic E-state index is 12.2. The normalized spacial score (nSPS) is 18.4. The third-order valence-electron chi connectivity index (χ3n) is 2.92. The van der Waals surface area contributed by atoms with Gasteiger partial charge in [0.1, 0.15) is 4.90 Å². The lowest BCUT2D eigenvalue weighted by Gasteiger charge is -2.19. The Morgan fingerprint density at radius 3 is 2.68 bits per heavy atom. The number of nitrogens with zero attached hydrogens (tertiary/aromatic N) is 1. The van der Waals surface area contributed by atoms with E-state index in [2.05, 4.69) is 5.32 Å². The zero-order chi connectivity index (χ0) is 14.0. The summed E-state index contributed by atoms with van der Waals surface area (Å²) >= 11 is 0. The molecule has 19 heavy (non-hydrogen) atoms. The highest BCUT2D eigenvalue weighted by molar-refractivity contribution is 7.90. The van der Waals surface area contributed by atoms with Gasteiger partial charge in [-0.1, -0.05) is 19.1 Å². The zero-order valence-electron chi connectivity index (χ0n) is 10.5. The van der Waals surface area contributed by atoms with E-state index in [0.717, 1.165) is 4.31 Å². The van der Waals surface area contributed by atoms with Crippen LogP contribution >= 0.6 is 0 Å². The van der Waals surface area contributed by atoms with Crippen molar-refractivity contribution in [2.75, 3.05) is 19.6 Å². The number of sulfonamides is 1. The average Bonchev–Trinajstić information content (AvgIpc) is 2.58. The minimum atomic E-state index is -3.82. The van der Waals surface area contributed by atoms with E-state index in [1.54, 1.807) is 12.1 Å². The summed E-state index contributed by atoms with van der Waals surface area (Å²) in [6, 6.07) is 6.07. The number of benzene rings is 1. The van der Waals surface area contributed by atoms with E-state index >= 15 is 0 Å². The third-order valence-corrected chi connectivity index (χ3v) is 4.73. The number of likely N-dealkylation sites (N-methyl/N-ethyl adjacent to an activating group) is 1. The van der Waals surface area contributed by atoms with E-state index in [0.29, 0.717) is 6.54 Å². The van der Waals surface area contributed by atoms with Crippen LogP contribution in [0.3, 0.4) is 0 Å². The number of hydrogen-bond donors (Lipinski definition) is 2. The van der Waals surface area contributed by atoms with Crippen LogP contribution < -0.4 is 5.32 Å². The molecule has 2 rings (SSSR count). The lowest BCUT2D eigenvalue weighted by atomic mass is 10.2. The van der Waals surface area contributed by atoms with Gasteiger partial charge in [-0.05, 0) is 18.7 Å². The zero-order valence-corrected chi connectivity index (χ0v) is 11.4. The van der Waals surface area contributed by atoms with Crippen molar-refractivity contribution < 1.29 is 18.3 Å². The van der Waals surface area contributed by atoms with Crippen LogP contribution in [0.5, 0.6) is 0 Å². The van der Waals surface area contributed by atoms with Gasteiger partial charge >= 0.3 is 0 Å². The Kier molecular flexibility index (Phi) is 3.88. The van der Waals surface area contributed by atoms with Crippen LogP contribution in [-0.2, 0) is 10.0 Å². The number of carbonyl (C=O) groups excluding carboxylic acids is 1. The number of amides is 1. The van der Waals surface area contributed by atoms with Crippen molar-refractivity contribution in [1.29, 1.82) is 0 Å². The molecule has 0 fully saturated rings. The smallest absolute Gasteiger partial charge is 0.269 e. The van der Waals surface area contributed by atoms with Crippen LogP contribution in [0.1, 0.15) is 17.3 Å². The maximum Gasteiger partial charge on any atom is 0.269 e. The quantitative estimate of drug-likeness (QED) is 0.782. The molecule has 2 N–H and O–H groups in total. The fourth-order valence-corrected chi connectivity index (χ4v) is 3.58. The Morgan fingerprint density at radius 2 is 2.05 bits per heavy atom. The van der Waals surface area contributed by atoms with Crippen LogP contribution in [0.4, 0.5) is 0 Å². The van der Waals surface area contributed by atoms with Crippen LogP contribution in [0.25, 0.3) is 0 Å². The van der Waals surface area contributed by atoms with Gasteiger partial charge < -0.3 is 10.4 Å². The minimum absolute atomic E-state index is 0.00986. The number of aliphatic hydroxyl groups is 1. The van der Waals surface area contributed by atoms with Gasteiger partial charge in [-0.3, -0.25) is 4.79 Å². The topological polar surface area (TPSA) is 86.7 Å². The summed E-state index contributed by atoms with van der Waals surface area (Å²) in [6.45, 7) is 2.55. The van der Waals surface area contributed by atoms with Crippen LogP contribution in [0.15, 0.2) is 29.2 Å². The number of fused-ring (bicyclic) bond motifs is 1. The molecule has 1 aromatic rings. The molecule has 1 unspecified atom stereocenters. The predicted molar refractivity (Wildman–Crippen MR) is 69.2 cm³/mol. The molecule has 1 aliphatic heterocycles. The molecule has 1 atom stereocenters. The lowest BCUT2D eigenvalue weighted by Crippen LogP contribution is -2.41. The molecule has 0 radical (unpaired) electrons. The van der Waals surface area contributed by atoms with Crippen molar-refractivity contribution in [3.05, 3.63) is 29.8 Å². The molecule has 0 bridgehead atoms. The van der Waals surface area contributed by atoms with Gasteiger partial charge in [0.25, 0.3) is 15.9 Å². The molecule has 7 heteroatoms. The van der Waals surface area contributed by atoms with Crippen LogP contribution in [0.2, 0.25) is 0 Å². The summed E-state index contributed by atoms with van der Waals surface area (Å²) < 4.78 is 25.1. The van der Waals surface area contributed by atoms with Gasteiger partial charge in [0.05, 0.1) is 18.2 Å². The van der Waals surface area contributed by atoms with E-state index in [-0.39, 0.29) is 23.5 Å². The van der Waals surface area contributed by atoms with Crippen molar-refractivity contribution in [3.63, 3.8) is 0 Å². The van der Waals surface area contributed by atoms with Gasteiger partial charge in [0, 0.05) is 6.54 Å². The predicted octanol–water partition coefficient (Wildman–Crippen LogP) is -0.198. The van der Waals surface area contributed by atoms with E-state index in [1.807, 2.05) is 6.92 Å². The summed E-state index contributed by atoms with van der Waals surface area (Å²) in [5, 5.41) is 12.7. The standard InChI is InChI=1S/C12H16N2O4S/c1-2-13-7-9(15)8-14-12(16)10-5-3-4-6-11(10)19(14,17)18/h3-6,9,13,15H,2,7-8H2,1H3. The molecular formula is C12H16N2O4S. The Morgan fingerprint density at radius 1 is 1.37 bits per heavy atom. The molecule has 0 saturated heterocycles. The molecular weight excluding hydrogens is 268 g/mol. The number of hydrogen-bond acceptors (Lipinski definition) is 5. The Balaban J connectivity index is 2.23. The number of carbonyl (C=O) groups is 1. The average molecular weight is 284 g/mol. The number of rotatable bonds is 5. The minimum Gasteiger partial charge on any atom is -0.390 e. The second-order valence-corrected chi connectivity index (χ2v) is 6.13. The van der Waals surface area contributed by atoms with Crippen LogP contribution in [-0.4, -0.2) is 49.5 Å². The van der Waals surface area contributed by atoms with E-state index in [9.17, 15) is 18.3 Å². The second-order valence-electron chi connectivity index (χ2n) is 4.30. The Labute approximate surface area is 112 Å².